The highest BCUT2D eigenvalue weighted by molar-refractivity contribution is 5.96. The molecule has 0 radical (unpaired) electrons. The standard InChI is InChI=1S/C31H43N5O2/c1-21-12-13-29-26(17-21)27(28-14-15-33-34(28)4)20-35(29)19-24-11-8-16-36(24)31(38)25(18-30(37)22(2)32-3)23-9-6-5-7-10-23/h12-15,17,20,22-25,32H,5-11,16,18-19H2,1-4H3/t22-,24-,25-/m0/s1. The van der Waals surface area contributed by atoms with Crippen LogP contribution in [-0.2, 0) is 23.2 Å². The normalized spacial score (nSPS) is 20.2. The van der Waals surface area contributed by atoms with Crippen molar-refractivity contribution in [3.63, 3.8) is 0 Å². The Bertz CT molecular complexity index is 1280. The van der Waals surface area contributed by atoms with Gasteiger partial charge in [-0.2, -0.15) is 5.10 Å². The van der Waals surface area contributed by atoms with E-state index in [9.17, 15) is 9.59 Å². The zero-order valence-electron chi connectivity index (χ0n) is 23.4. The van der Waals surface area contributed by atoms with Crippen molar-refractivity contribution in [1.82, 2.24) is 24.6 Å². The van der Waals surface area contributed by atoms with E-state index >= 15 is 0 Å². The van der Waals surface area contributed by atoms with Crippen molar-refractivity contribution in [1.29, 1.82) is 0 Å². The van der Waals surface area contributed by atoms with E-state index < -0.39 is 0 Å². The molecule has 3 aromatic rings. The summed E-state index contributed by atoms with van der Waals surface area (Å²) in [5, 5.41) is 8.69. The molecule has 1 amide bonds. The van der Waals surface area contributed by atoms with Crippen LogP contribution in [0.25, 0.3) is 22.2 Å². The van der Waals surface area contributed by atoms with Gasteiger partial charge in [-0.3, -0.25) is 14.3 Å². The number of aromatic nitrogens is 3. The molecule has 1 aliphatic heterocycles. The number of aryl methyl sites for hydroxylation is 2. The van der Waals surface area contributed by atoms with Gasteiger partial charge >= 0.3 is 0 Å². The molecule has 3 heterocycles. The maximum atomic E-state index is 14.2. The van der Waals surface area contributed by atoms with Crippen LogP contribution in [0.2, 0.25) is 0 Å². The number of hydrogen-bond donors (Lipinski definition) is 1. The van der Waals surface area contributed by atoms with Crippen LogP contribution < -0.4 is 5.32 Å². The molecule has 5 rings (SSSR count). The number of likely N-dealkylation sites (N-methyl/N-ethyl adjacent to an activating group) is 1. The summed E-state index contributed by atoms with van der Waals surface area (Å²) >= 11 is 0. The first-order valence-electron chi connectivity index (χ1n) is 14.5. The van der Waals surface area contributed by atoms with Gasteiger partial charge in [0.15, 0.2) is 0 Å². The summed E-state index contributed by atoms with van der Waals surface area (Å²) in [5.41, 5.74) is 4.68. The number of rotatable bonds is 9. The Morgan fingerprint density at radius 1 is 1.11 bits per heavy atom. The fourth-order valence-electron chi connectivity index (χ4n) is 6.71. The number of ketones is 1. The van der Waals surface area contributed by atoms with E-state index in [-0.39, 0.29) is 29.7 Å². The Hall–Kier alpha value is -2.93. The quantitative estimate of drug-likeness (QED) is 0.428. The Kier molecular flexibility index (Phi) is 8.03. The second kappa shape index (κ2) is 11.4. The Balaban J connectivity index is 1.42. The molecule has 0 spiro atoms. The van der Waals surface area contributed by atoms with Crippen molar-refractivity contribution in [3.05, 3.63) is 42.2 Å². The van der Waals surface area contributed by atoms with Gasteiger partial charge in [-0.1, -0.05) is 30.9 Å². The summed E-state index contributed by atoms with van der Waals surface area (Å²) in [6.45, 7) is 5.59. The van der Waals surface area contributed by atoms with Crippen molar-refractivity contribution in [3.8, 4) is 11.3 Å². The van der Waals surface area contributed by atoms with Crippen LogP contribution in [0.5, 0.6) is 0 Å². The average Bonchev–Trinajstić information content (AvgIpc) is 3.65. The number of carbonyl (C=O) groups excluding carboxylic acids is 2. The number of amides is 1. The minimum Gasteiger partial charge on any atom is -0.345 e. The van der Waals surface area contributed by atoms with Crippen LogP contribution in [0.1, 0.15) is 63.9 Å². The van der Waals surface area contributed by atoms with Crippen molar-refractivity contribution < 1.29 is 9.59 Å². The van der Waals surface area contributed by atoms with Crippen molar-refractivity contribution in [2.24, 2.45) is 18.9 Å². The largest absolute Gasteiger partial charge is 0.345 e. The highest BCUT2D eigenvalue weighted by Gasteiger charge is 2.39. The second-order valence-electron chi connectivity index (χ2n) is 11.6. The number of nitrogens with one attached hydrogen (secondary N) is 1. The molecule has 1 aliphatic carbocycles. The van der Waals surface area contributed by atoms with Gasteiger partial charge in [0.2, 0.25) is 5.91 Å². The molecular formula is C31H43N5O2. The molecule has 1 aromatic carbocycles. The van der Waals surface area contributed by atoms with Gasteiger partial charge in [-0.25, -0.2) is 0 Å². The first kappa shape index (κ1) is 26.7. The first-order chi connectivity index (χ1) is 18.4. The van der Waals surface area contributed by atoms with Crippen LogP contribution >= 0.6 is 0 Å². The molecule has 7 heteroatoms. The van der Waals surface area contributed by atoms with E-state index in [0.29, 0.717) is 12.3 Å². The zero-order chi connectivity index (χ0) is 26.8. The Morgan fingerprint density at radius 2 is 1.89 bits per heavy atom. The number of benzene rings is 1. The topological polar surface area (TPSA) is 72.2 Å². The summed E-state index contributed by atoms with van der Waals surface area (Å²) in [6, 6.07) is 8.60. The van der Waals surface area contributed by atoms with Crippen LogP contribution in [0.4, 0.5) is 0 Å². The summed E-state index contributed by atoms with van der Waals surface area (Å²) in [5.74, 6) is 0.473. The molecule has 1 N–H and O–H groups in total. The predicted molar refractivity (Wildman–Crippen MR) is 152 cm³/mol. The molecule has 2 aliphatic rings. The highest BCUT2D eigenvalue weighted by Crippen LogP contribution is 2.36. The lowest BCUT2D eigenvalue weighted by Crippen LogP contribution is -2.45. The van der Waals surface area contributed by atoms with Gasteiger partial charge in [0.1, 0.15) is 5.78 Å². The van der Waals surface area contributed by atoms with E-state index in [1.807, 2.05) is 31.9 Å². The third-order valence-corrected chi connectivity index (χ3v) is 9.07. The van der Waals surface area contributed by atoms with Crippen molar-refractivity contribution in [2.75, 3.05) is 13.6 Å². The van der Waals surface area contributed by atoms with E-state index in [2.05, 4.69) is 57.3 Å². The second-order valence-corrected chi connectivity index (χ2v) is 11.6. The molecule has 38 heavy (non-hydrogen) atoms. The fraction of sp³-hybridized carbons (Fsp3) is 0.581. The van der Waals surface area contributed by atoms with Gasteiger partial charge in [-0.15, -0.1) is 0 Å². The highest BCUT2D eigenvalue weighted by atomic mass is 16.2. The lowest BCUT2D eigenvalue weighted by Gasteiger charge is -2.35. The van der Waals surface area contributed by atoms with Crippen molar-refractivity contribution in [2.45, 2.75) is 83.8 Å². The van der Waals surface area contributed by atoms with E-state index in [4.69, 9.17) is 0 Å². The van der Waals surface area contributed by atoms with Crippen LogP contribution in [0.3, 0.4) is 0 Å². The van der Waals surface area contributed by atoms with Gasteiger partial charge in [0.05, 0.1) is 11.7 Å². The van der Waals surface area contributed by atoms with Crippen LogP contribution in [-0.4, -0.2) is 56.6 Å². The van der Waals surface area contributed by atoms with Gasteiger partial charge in [-0.05, 0) is 70.7 Å². The summed E-state index contributed by atoms with van der Waals surface area (Å²) < 4.78 is 4.25. The maximum Gasteiger partial charge on any atom is 0.226 e. The molecule has 2 fully saturated rings. The number of nitrogens with zero attached hydrogens (tertiary/aromatic N) is 4. The molecule has 2 aromatic heterocycles. The monoisotopic (exact) mass is 517 g/mol. The molecular weight excluding hydrogens is 474 g/mol. The Morgan fingerprint density at radius 3 is 2.61 bits per heavy atom. The molecule has 0 bridgehead atoms. The minimum atomic E-state index is -0.219. The molecule has 1 saturated carbocycles. The molecule has 0 unspecified atom stereocenters. The summed E-state index contributed by atoms with van der Waals surface area (Å²) in [7, 11) is 3.80. The van der Waals surface area contributed by atoms with Gasteiger partial charge < -0.3 is 14.8 Å². The van der Waals surface area contributed by atoms with Gasteiger partial charge in [0.25, 0.3) is 0 Å². The summed E-state index contributed by atoms with van der Waals surface area (Å²) in [6.07, 6.45) is 12.1. The lowest BCUT2D eigenvalue weighted by atomic mass is 9.76. The number of Topliss-reactive ketones (excluding diaryl/α,β-unsaturated/α-hetero) is 1. The summed E-state index contributed by atoms with van der Waals surface area (Å²) in [4.78, 5) is 29.3. The lowest BCUT2D eigenvalue weighted by molar-refractivity contribution is -0.141. The number of carbonyl (C=O) groups is 2. The smallest absolute Gasteiger partial charge is 0.226 e. The number of likely N-dealkylation sites (tertiary alicyclic amines) is 1. The number of hydrogen-bond acceptors (Lipinski definition) is 4. The molecule has 204 valence electrons. The third kappa shape index (κ3) is 5.31. The zero-order valence-corrected chi connectivity index (χ0v) is 23.4. The maximum absolute atomic E-state index is 14.2. The van der Waals surface area contributed by atoms with E-state index in [1.54, 1.807) is 0 Å². The van der Waals surface area contributed by atoms with Crippen molar-refractivity contribution >= 4 is 22.6 Å². The first-order valence-corrected chi connectivity index (χ1v) is 14.5. The van der Waals surface area contributed by atoms with Gasteiger partial charge in [0, 0.05) is 67.4 Å². The molecule has 3 atom stereocenters. The molecule has 1 saturated heterocycles. The molecule has 7 nitrogen and oxygen atoms in total. The average molecular weight is 518 g/mol. The fourth-order valence-corrected chi connectivity index (χ4v) is 6.71. The third-order valence-electron chi connectivity index (χ3n) is 9.07. The van der Waals surface area contributed by atoms with Crippen LogP contribution in [0.15, 0.2) is 36.7 Å². The SMILES string of the molecule is CN[C@@H](C)C(=O)C[C@H](C(=O)N1CCC[C@H]1Cn1cc(-c2ccnn2C)c2cc(C)ccc21)C1CCCCC1. The number of fused-ring (bicyclic) bond motifs is 1. The van der Waals surface area contributed by atoms with Crippen LogP contribution in [0, 0.1) is 18.8 Å². The predicted octanol–water partition coefficient (Wildman–Crippen LogP) is 5.10. The van der Waals surface area contributed by atoms with E-state index in [1.165, 1.54) is 41.3 Å². The Labute approximate surface area is 226 Å². The minimum absolute atomic E-state index is 0.140. The van der Waals surface area contributed by atoms with E-state index in [0.717, 1.165) is 44.5 Å².